The molecule has 0 saturated carbocycles. The van der Waals surface area contributed by atoms with Crippen LogP contribution in [-0.2, 0) is 0 Å². The molecule has 0 aliphatic carbocycles. The Balaban J connectivity index is 2.78. The summed E-state index contributed by atoms with van der Waals surface area (Å²) in [4.78, 5) is 13.6. The van der Waals surface area contributed by atoms with Gasteiger partial charge in [-0.15, -0.1) is 0 Å². The molecule has 1 aromatic rings. The summed E-state index contributed by atoms with van der Waals surface area (Å²) in [7, 11) is 0. The number of hydrogen-bond acceptors (Lipinski definition) is 3. The Bertz CT molecular complexity index is 220. The molecule has 0 bridgehead atoms. The van der Waals surface area contributed by atoms with Gasteiger partial charge in [-0.2, -0.15) is 0 Å². The van der Waals surface area contributed by atoms with Gasteiger partial charge in [-0.25, -0.2) is 13.8 Å². The number of nitrogens with zero attached hydrogens (tertiary/aromatic N) is 1. The molecule has 0 spiro atoms. The zero-order valence-corrected chi connectivity index (χ0v) is 4.75. The molecule has 0 aliphatic rings. The third-order valence-corrected chi connectivity index (χ3v) is 0.883. The summed E-state index contributed by atoms with van der Waals surface area (Å²) in [5.74, 6) is -1.31. The normalized spacial score (nSPS) is 10.3. The maximum Gasteiger partial charge on any atom is 0.302 e. The van der Waals surface area contributed by atoms with E-state index in [0.29, 0.717) is 0 Å². The highest BCUT2D eigenvalue weighted by Gasteiger charge is 2.19. The number of Topliss-reactive ketones (excluding diaryl/α,β-unsaturated/α-hetero) is 1. The van der Waals surface area contributed by atoms with Gasteiger partial charge in [0.1, 0.15) is 6.26 Å². The van der Waals surface area contributed by atoms with Crippen LogP contribution >= 0.6 is 0 Å². The molecule has 1 rings (SSSR count). The SMILES string of the molecule is O=C(c1cocn1)C(F)F. The molecular weight excluding hydrogens is 144 g/mol. The van der Waals surface area contributed by atoms with Gasteiger partial charge in [0, 0.05) is 0 Å². The highest BCUT2D eigenvalue weighted by Crippen LogP contribution is 2.03. The van der Waals surface area contributed by atoms with E-state index in [-0.39, 0.29) is 5.69 Å². The molecule has 0 saturated heterocycles. The molecule has 0 aromatic carbocycles. The number of halogens is 2. The van der Waals surface area contributed by atoms with Crippen LogP contribution in [0.3, 0.4) is 0 Å². The molecule has 0 N–H and O–H groups in total. The van der Waals surface area contributed by atoms with Crippen LogP contribution in [0.25, 0.3) is 0 Å². The molecule has 5 heteroatoms. The van der Waals surface area contributed by atoms with Crippen LogP contribution in [0.15, 0.2) is 17.1 Å². The summed E-state index contributed by atoms with van der Waals surface area (Å²) in [6, 6.07) is 0. The van der Waals surface area contributed by atoms with Crippen molar-refractivity contribution < 1.29 is 18.0 Å². The van der Waals surface area contributed by atoms with E-state index in [9.17, 15) is 13.6 Å². The van der Waals surface area contributed by atoms with E-state index in [1.54, 1.807) is 0 Å². The van der Waals surface area contributed by atoms with Crippen molar-refractivity contribution in [3.8, 4) is 0 Å². The fourth-order valence-corrected chi connectivity index (χ4v) is 0.446. The van der Waals surface area contributed by atoms with E-state index in [2.05, 4.69) is 9.40 Å². The van der Waals surface area contributed by atoms with Crippen molar-refractivity contribution in [1.82, 2.24) is 4.98 Å². The fourth-order valence-electron chi connectivity index (χ4n) is 0.446. The predicted molar refractivity (Wildman–Crippen MR) is 26.8 cm³/mol. The van der Waals surface area contributed by atoms with Crippen molar-refractivity contribution in [1.29, 1.82) is 0 Å². The van der Waals surface area contributed by atoms with Crippen molar-refractivity contribution in [3.63, 3.8) is 0 Å². The third-order valence-electron chi connectivity index (χ3n) is 0.883. The zero-order valence-electron chi connectivity index (χ0n) is 4.75. The molecule has 54 valence electrons. The van der Waals surface area contributed by atoms with Crippen LogP contribution in [0.5, 0.6) is 0 Å². The van der Waals surface area contributed by atoms with Crippen molar-refractivity contribution in [2.45, 2.75) is 6.43 Å². The van der Waals surface area contributed by atoms with Crippen LogP contribution in [0.1, 0.15) is 10.5 Å². The van der Waals surface area contributed by atoms with Gasteiger partial charge in [-0.05, 0) is 0 Å². The minimum atomic E-state index is -3.01. The largest absolute Gasteiger partial charge is 0.451 e. The van der Waals surface area contributed by atoms with Gasteiger partial charge in [0.05, 0.1) is 0 Å². The van der Waals surface area contributed by atoms with Crippen LogP contribution in [-0.4, -0.2) is 17.2 Å². The monoisotopic (exact) mass is 147 g/mol. The molecule has 0 fully saturated rings. The molecule has 0 atom stereocenters. The van der Waals surface area contributed by atoms with Crippen molar-refractivity contribution in [2.75, 3.05) is 0 Å². The number of aromatic nitrogens is 1. The van der Waals surface area contributed by atoms with Gasteiger partial charge in [0.2, 0.25) is 5.78 Å². The summed E-state index contributed by atoms with van der Waals surface area (Å²) < 4.78 is 27.4. The number of carbonyl (C=O) groups excluding carboxylic acids is 1. The van der Waals surface area contributed by atoms with E-state index < -0.39 is 12.2 Å². The van der Waals surface area contributed by atoms with E-state index in [0.717, 1.165) is 12.7 Å². The quantitative estimate of drug-likeness (QED) is 0.588. The van der Waals surface area contributed by atoms with Crippen LogP contribution < -0.4 is 0 Å². The van der Waals surface area contributed by atoms with Gasteiger partial charge in [0.25, 0.3) is 0 Å². The topological polar surface area (TPSA) is 43.1 Å². The van der Waals surface area contributed by atoms with Gasteiger partial charge >= 0.3 is 6.43 Å². The fraction of sp³-hybridized carbons (Fsp3) is 0.200. The second-order valence-electron chi connectivity index (χ2n) is 1.54. The second-order valence-corrected chi connectivity index (χ2v) is 1.54. The lowest BCUT2D eigenvalue weighted by Gasteiger charge is -1.89. The van der Waals surface area contributed by atoms with Crippen LogP contribution in [0.2, 0.25) is 0 Å². The Hall–Kier alpha value is -1.26. The second kappa shape index (κ2) is 2.55. The molecular formula is C5H3F2NO2. The summed E-state index contributed by atoms with van der Waals surface area (Å²) >= 11 is 0. The Morgan fingerprint density at radius 1 is 1.70 bits per heavy atom. The molecule has 0 unspecified atom stereocenters. The van der Waals surface area contributed by atoms with Crippen molar-refractivity contribution in [3.05, 3.63) is 18.4 Å². The molecule has 10 heavy (non-hydrogen) atoms. The lowest BCUT2D eigenvalue weighted by Crippen LogP contribution is -2.09. The van der Waals surface area contributed by atoms with E-state index in [4.69, 9.17) is 0 Å². The Labute approximate surface area is 54.7 Å². The summed E-state index contributed by atoms with van der Waals surface area (Å²) in [6.45, 7) is 0. The van der Waals surface area contributed by atoms with Gasteiger partial charge < -0.3 is 4.42 Å². The first-order valence-electron chi connectivity index (χ1n) is 2.42. The highest BCUT2D eigenvalue weighted by atomic mass is 19.3. The number of hydrogen-bond donors (Lipinski definition) is 0. The Morgan fingerprint density at radius 3 is 2.80 bits per heavy atom. The Morgan fingerprint density at radius 2 is 2.40 bits per heavy atom. The van der Waals surface area contributed by atoms with Crippen LogP contribution in [0.4, 0.5) is 8.78 Å². The first kappa shape index (κ1) is 6.85. The standard InChI is InChI=1S/C5H3F2NO2/c6-5(7)4(9)3-1-10-2-8-3/h1-2,5H. The smallest absolute Gasteiger partial charge is 0.302 e. The number of alkyl halides is 2. The minimum absolute atomic E-state index is 0.338. The van der Waals surface area contributed by atoms with E-state index in [1.807, 2.05) is 0 Å². The summed E-state index contributed by atoms with van der Waals surface area (Å²) in [6.07, 6.45) is -1.20. The molecule has 0 amide bonds. The first-order valence-corrected chi connectivity index (χ1v) is 2.42. The average molecular weight is 147 g/mol. The lowest BCUT2D eigenvalue weighted by molar-refractivity contribution is 0.0673. The molecule has 1 aromatic heterocycles. The van der Waals surface area contributed by atoms with Gasteiger partial charge in [-0.3, -0.25) is 4.79 Å². The maximum absolute atomic E-state index is 11.6. The molecule has 0 aliphatic heterocycles. The lowest BCUT2D eigenvalue weighted by atomic mass is 10.3. The molecule has 0 radical (unpaired) electrons. The summed E-state index contributed by atoms with van der Waals surface area (Å²) in [5, 5.41) is 0. The third kappa shape index (κ3) is 1.18. The minimum Gasteiger partial charge on any atom is -0.451 e. The maximum atomic E-state index is 11.6. The van der Waals surface area contributed by atoms with Crippen LogP contribution in [0, 0.1) is 0 Å². The number of ketones is 1. The van der Waals surface area contributed by atoms with E-state index >= 15 is 0 Å². The number of carbonyl (C=O) groups is 1. The van der Waals surface area contributed by atoms with Crippen molar-refractivity contribution >= 4 is 5.78 Å². The molecule has 1 heterocycles. The van der Waals surface area contributed by atoms with E-state index in [1.165, 1.54) is 0 Å². The Kier molecular flexibility index (Phi) is 1.75. The first-order chi connectivity index (χ1) is 4.72. The van der Waals surface area contributed by atoms with Crippen molar-refractivity contribution in [2.24, 2.45) is 0 Å². The molecule has 3 nitrogen and oxygen atoms in total. The average Bonchev–Trinajstić information content (AvgIpc) is 2.36. The number of rotatable bonds is 2. The number of oxazole rings is 1. The van der Waals surface area contributed by atoms with Gasteiger partial charge in [-0.1, -0.05) is 0 Å². The van der Waals surface area contributed by atoms with Gasteiger partial charge in [0.15, 0.2) is 12.1 Å². The zero-order chi connectivity index (χ0) is 7.56. The predicted octanol–water partition coefficient (Wildman–Crippen LogP) is 1.12. The highest BCUT2D eigenvalue weighted by molar-refractivity contribution is 5.96. The summed E-state index contributed by atoms with van der Waals surface area (Å²) in [5.41, 5.74) is -0.338.